The molecule has 3 aliphatic carbocycles. The van der Waals surface area contributed by atoms with Crippen LogP contribution >= 0.6 is 0 Å². The normalized spacial score (nSPS) is 30.0. The van der Waals surface area contributed by atoms with Gasteiger partial charge >= 0.3 is 5.97 Å². The molecule has 5 fully saturated rings. The second kappa shape index (κ2) is 18.8. The van der Waals surface area contributed by atoms with Crippen LogP contribution in [-0.4, -0.2) is 116 Å². The van der Waals surface area contributed by atoms with E-state index in [4.69, 9.17) is 23.9 Å². The number of hydrogen-bond acceptors (Lipinski definition) is 12. The van der Waals surface area contributed by atoms with Crippen LogP contribution in [-0.2, 0) is 45.1 Å². The van der Waals surface area contributed by atoms with Crippen molar-refractivity contribution in [2.24, 2.45) is 28.6 Å². The number of morpholine rings is 1. The summed E-state index contributed by atoms with van der Waals surface area (Å²) in [5.41, 5.74) is -0.423. The Balaban J connectivity index is 1.14. The predicted octanol–water partition coefficient (Wildman–Crippen LogP) is 5.93. The van der Waals surface area contributed by atoms with Crippen LogP contribution < -0.4 is 14.2 Å². The van der Waals surface area contributed by atoms with Gasteiger partial charge in [-0.05, 0) is 87.2 Å². The fourth-order valence-corrected chi connectivity index (χ4v) is 11.8. The molecule has 1 aromatic heterocycles. The lowest BCUT2D eigenvalue weighted by atomic mass is 9.77. The summed E-state index contributed by atoms with van der Waals surface area (Å²) >= 11 is 0. The number of fused-ring (bicyclic) bond motifs is 5. The highest BCUT2D eigenvalue weighted by atomic mass is 32.2. The molecule has 1 aromatic carbocycles. The van der Waals surface area contributed by atoms with E-state index in [1.54, 1.807) is 6.08 Å². The maximum absolute atomic E-state index is 15.0. The fourth-order valence-electron chi connectivity index (χ4n) is 10.4. The number of sulfonamides is 1. The molecule has 6 aliphatic rings. The molecule has 63 heavy (non-hydrogen) atoms. The number of carbonyl (C=O) groups excluding carboxylic acids is 4. The second-order valence-corrected chi connectivity index (χ2v) is 21.9. The van der Waals surface area contributed by atoms with Crippen LogP contribution in [0, 0.1) is 28.6 Å². The average molecular weight is 891 g/mol. The Labute approximate surface area is 372 Å². The van der Waals surface area contributed by atoms with Gasteiger partial charge in [-0.2, -0.15) is 0 Å². The first-order valence-corrected chi connectivity index (χ1v) is 24.9. The van der Waals surface area contributed by atoms with Crippen LogP contribution in [0.15, 0.2) is 36.9 Å². The molecule has 2 amide bonds. The number of amides is 2. The highest BCUT2D eigenvalue weighted by Gasteiger charge is 2.61. The Morgan fingerprint density at radius 3 is 2.51 bits per heavy atom. The molecular weight excluding hydrogens is 825 g/mol. The Bertz CT molecular complexity index is 2160. The van der Waals surface area contributed by atoms with Crippen molar-refractivity contribution in [3.63, 3.8) is 0 Å². The number of nitrogens with zero attached hydrogens (tertiary/aromatic N) is 3. The lowest BCUT2D eigenvalue weighted by Crippen LogP contribution is -2.48. The third-order valence-electron chi connectivity index (χ3n) is 14.5. The van der Waals surface area contributed by atoms with Gasteiger partial charge in [-0.1, -0.05) is 51.8 Å². The van der Waals surface area contributed by atoms with E-state index in [9.17, 15) is 22.8 Å². The predicted molar refractivity (Wildman–Crippen MR) is 236 cm³/mol. The zero-order valence-electron chi connectivity index (χ0n) is 37.3. The lowest BCUT2D eigenvalue weighted by Gasteiger charge is -2.35. The number of nitrogens with one attached hydrogen (secondary N) is 1. The van der Waals surface area contributed by atoms with Gasteiger partial charge in [-0.25, -0.2) is 13.4 Å². The summed E-state index contributed by atoms with van der Waals surface area (Å²) in [6.45, 7) is 13.9. The van der Waals surface area contributed by atoms with Crippen LogP contribution in [0.1, 0.15) is 110 Å². The number of aromatic nitrogens is 1. The molecule has 0 radical (unpaired) electrons. The summed E-state index contributed by atoms with van der Waals surface area (Å²) in [5, 5.41) is 0.275. The first kappa shape index (κ1) is 45.5. The van der Waals surface area contributed by atoms with Crippen molar-refractivity contribution in [3.05, 3.63) is 42.5 Å². The number of allylic oxidation sites excluding steroid dienone is 1. The zero-order chi connectivity index (χ0) is 44.5. The van der Waals surface area contributed by atoms with Gasteiger partial charge < -0.3 is 23.8 Å². The van der Waals surface area contributed by atoms with Gasteiger partial charge in [0.05, 0.1) is 59.9 Å². The fraction of sp³-hybridized carbons (Fsp3) is 0.688. The van der Waals surface area contributed by atoms with Gasteiger partial charge in [0.25, 0.3) is 0 Å². The summed E-state index contributed by atoms with van der Waals surface area (Å²) in [6, 6.07) is 6.85. The number of ketones is 1. The highest BCUT2D eigenvalue weighted by Crippen LogP contribution is 2.57. The van der Waals surface area contributed by atoms with Gasteiger partial charge in [0.1, 0.15) is 24.6 Å². The first-order valence-electron chi connectivity index (χ1n) is 23.4. The summed E-state index contributed by atoms with van der Waals surface area (Å²) in [7, 11) is -3.87. The van der Waals surface area contributed by atoms with Crippen LogP contribution in [0.5, 0.6) is 11.6 Å². The molecule has 8 rings (SSSR count). The molecule has 1 N–H and O–H groups in total. The minimum Gasteiger partial charge on any atom is -0.491 e. The second-order valence-electron chi connectivity index (χ2n) is 20.0. The van der Waals surface area contributed by atoms with E-state index >= 15 is 4.79 Å². The maximum atomic E-state index is 15.0. The van der Waals surface area contributed by atoms with Crippen molar-refractivity contribution in [1.29, 1.82) is 0 Å². The van der Waals surface area contributed by atoms with E-state index in [1.165, 1.54) is 4.90 Å². The average Bonchev–Trinajstić information content (AvgIpc) is 4.15. The van der Waals surface area contributed by atoms with Crippen LogP contribution in [0.3, 0.4) is 0 Å². The van der Waals surface area contributed by atoms with E-state index in [0.717, 1.165) is 81.3 Å². The third-order valence-corrected chi connectivity index (χ3v) is 16.3. The Morgan fingerprint density at radius 1 is 1.02 bits per heavy atom. The molecule has 344 valence electrons. The van der Waals surface area contributed by atoms with Crippen LogP contribution in [0.4, 0.5) is 0 Å². The van der Waals surface area contributed by atoms with Crippen LogP contribution in [0.25, 0.3) is 10.9 Å². The minimum atomic E-state index is -3.87. The van der Waals surface area contributed by atoms with Crippen LogP contribution in [0.2, 0.25) is 0 Å². The Morgan fingerprint density at radius 2 is 1.78 bits per heavy atom. The number of hydrogen-bond donors (Lipinski definition) is 1. The quantitative estimate of drug-likeness (QED) is 0.209. The highest BCUT2D eigenvalue weighted by molar-refractivity contribution is 7.90. The summed E-state index contributed by atoms with van der Waals surface area (Å²) in [6.07, 6.45) is 8.81. The number of pyridine rings is 1. The maximum Gasteiger partial charge on any atom is 0.306 e. The number of esters is 1. The van der Waals surface area contributed by atoms with Crippen molar-refractivity contribution < 1.29 is 46.5 Å². The number of para-hydroxylation sites is 1. The topological polar surface area (TPSA) is 171 Å². The monoisotopic (exact) mass is 890 g/mol. The van der Waals surface area contributed by atoms with Gasteiger partial charge in [0.15, 0.2) is 5.78 Å². The Kier molecular flexibility index (Phi) is 13.6. The molecule has 3 saturated carbocycles. The molecule has 0 spiro atoms. The molecule has 7 atom stereocenters. The number of benzene rings is 1. The van der Waals surface area contributed by atoms with Gasteiger partial charge in [-0.3, -0.25) is 28.8 Å². The van der Waals surface area contributed by atoms with Crippen molar-refractivity contribution in [1.82, 2.24) is 19.5 Å². The SMILES string of the molecule is C=C[C@@H]1C[C@]1(CC(=O)[C@@H]1C[C@@H]2CN1C(=O)[C@H](C(C)(C)C)CC(=O)O[C@@H]1CCC[C@H]1CCCCCc1c(nc3ccccc3c1OCCN1CCOCC1)O2)C(=O)NS(=O)(=O)C1CC1. The van der Waals surface area contributed by atoms with Gasteiger partial charge in [0, 0.05) is 37.9 Å². The Hall–Kier alpha value is -4.08. The summed E-state index contributed by atoms with van der Waals surface area (Å²) in [5.74, 6) is -1.69. The molecule has 3 aliphatic heterocycles. The number of rotatable bonds is 11. The summed E-state index contributed by atoms with van der Waals surface area (Å²) in [4.78, 5) is 66.4. The smallest absolute Gasteiger partial charge is 0.306 e. The molecular formula is C48H66N4O10S. The third kappa shape index (κ3) is 10.3. The molecule has 2 saturated heterocycles. The van der Waals surface area contributed by atoms with E-state index in [-0.39, 0.29) is 55.9 Å². The molecule has 14 nitrogen and oxygen atoms in total. The van der Waals surface area contributed by atoms with Crippen molar-refractivity contribution in [2.45, 2.75) is 134 Å². The van der Waals surface area contributed by atoms with E-state index in [0.29, 0.717) is 50.5 Å². The zero-order valence-corrected chi connectivity index (χ0v) is 38.1. The molecule has 15 heteroatoms. The molecule has 4 heterocycles. The number of ether oxygens (including phenoxy) is 4. The summed E-state index contributed by atoms with van der Waals surface area (Å²) < 4.78 is 53.5. The minimum absolute atomic E-state index is 0.0445. The number of Topliss-reactive ketones (excluding diaryl/α,β-unsaturated/α-hetero) is 1. The standard InChI is InChI=1S/C48H66N4O10S/c1-5-32-28-48(32,46(56)50-63(57,58)34-18-19-34)29-40(53)39-26-33-30-52(39)45(55)37(47(2,3)4)27-42(54)62-41-17-11-13-31(41)12-7-6-8-15-36-43(60-25-22-51-20-23-59-24-21-51)35-14-9-10-16-38(35)49-44(36)61-33/h5,9-10,14,16,31-34,37,39,41H,1,6-8,11-13,15,17-30H2,2-4H3,(H,50,56)/t31-,32-,33-,37-,39+,41-,48-/m1/s1. The van der Waals surface area contributed by atoms with Gasteiger partial charge in [-0.15, -0.1) is 6.58 Å². The largest absolute Gasteiger partial charge is 0.491 e. The molecule has 0 unspecified atom stereocenters. The molecule has 2 bridgehead atoms. The first-order chi connectivity index (χ1) is 30.2. The lowest BCUT2D eigenvalue weighted by molar-refractivity contribution is -0.158. The van der Waals surface area contributed by atoms with Gasteiger partial charge in [0.2, 0.25) is 27.7 Å². The van der Waals surface area contributed by atoms with Crippen molar-refractivity contribution in [2.75, 3.05) is 46.0 Å². The molecule has 2 aromatic rings. The van der Waals surface area contributed by atoms with Crippen molar-refractivity contribution >= 4 is 44.5 Å². The van der Waals surface area contributed by atoms with E-state index < -0.39 is 62.0 Å². The van der Waals surface area contributed by atoms with E-state index in [2.05, 4.69) is 16.2 Å². The van der Waals surface area contributed by atoms with Crippen molar-refractivity contribution in [3.8, 4) is 11.6 Å². The number of carbonyl (C=O) groups is 4. The van der Waals surface area contributed by atoms with E-state index in [1.807, 2.05) is 45.0 Å².